The summed E-state index contributed by atoms with van der Waals surface area (Å²) < 4.78 is 0. The van der Waals surface area contributed by atoms with Gasteiger partial charge in [-0.3, -0.25) is 4.79 Å². The van der Waals surface area contributed by atoms with Crippen LogP contribution in [0.5, 0.6) is 5.75 Å². The van der Waals surface area contributed by atoms with Crippen LogP contribution in [0, 0.1) is 0 Å². The standard InChI is InChI=1S/C13H18O2S/c1-2-3-4-9-16-10-13(15)11-5-7-12(14)8-6-11/h5-8,14H,2-4,9-10H2,1H3. The second-order valence-electron chi connectivity index (χ2n) is 3.73. The summed E-state index contributed by atoms with van der Waals surface area (Å²) in [6.07, 6.45) is 3.64. The third-order valence-corrected chi connectivity index (χ3v) is 3.36. The van der Waals surface area contributed by atoms with Gasteiger partial charge >= 0.3 is 0 Å². The number of thioether (sulfide) groups is 1. The number of carbonyl (C=O) groups excluding carboxylic acids is 1. The highest BCUT2D eigenvalue weighted by molar-refractivity contribution is 7.99. The minimum absolute atomic E-state index is 0.140. The second-order valence-corrected chi connectivity index (χ2v) is 4.83. The average molecular weight is 238 g/mol. The van der Waals surface area contributed by atoms with E-state index >= 15 is 0 Å². The fraction of sp³-hybridized carbons (Fsp3) is 0.462. The Balaban J connectivity index is 2.27. The molecule has 0 saturated heterocycles. The van der Waals surface area contributed by atoms with E-state index in [1.807, 2.05) is 0 Å². The van der Waals surface area contributed by atoms with Gasteiger partial charge < -0.3 is 5.11 Å². The molecular formula is C13H18O2S. The van der Waals surface area contributed by atoms with Gasteiger partial charge in [0.05, 0.1) is 5.75 Å². The smallest absolute Gasteiger partial charge is 0.172 e. The Kier molecular flexibility index (Phi) is 6.01. The molecule has 0 atom stereocenters. The van der Waals surface area contributed by atoms with Crippen LogP contribution in [0.1, 0.15) is 36.5 Å². The lowest BCUT2D eigenvalue weighted by Gasteiger charge is -2.01. The average Bonchev–Trinajstić information content (AvgIpc) is 2.29. The molecule has 0 aliphatic heterocycles. The number of phenolic OH excluding ortho intramolecular Hbond substituents is 1. The molecule has 0 spiro atoms. The Labute approximate surface area is 101 Å². The first-order valence-electron chi connectivity index (χ1n) is 5.64. The lowest BCUT2D eigenvalue weighted by Crippen LogP contribution is -2.02. The van der Waals surface area contributed by atoms with Crippen LogP contribution in [-0.2, 0) is 0 Å². The minimum Gasteiger partial charge on any atom is -0.508 e. The summed E-state index contributed by atoms with van der Waals surface area (Å²) in [6, 6.07) is 6.44. The lowest BCUT2D eigenvalue weighted by molar-refractivity contribution is 0.102. The fourth-order valence-corrected chi connectivity index (χ4v) is 2.25. The van der Waals surface area contributed by atoms with Crippen LogP contribution in [0.3, 0.4) is 0 Å². The Morgan fingerprint density at radius 2 is 1.94 bits per heavy atom. The van der Waals surface area contributed by atoms with Gasteiger partial charge in [-0.15, -0.1) is 0 Å². The van der Waals surface area contributed by atoms with E-state index in [1.54, 1.807) is 36.0 Å². The van der Waals surface area contributed by atoms with Gasteiger partial charge in [-0.05, 0) is 36.4 Å². The van der Waals surface area contributed by atoms with E-state index in [9.17, 15) is 4.79 Å². The number of Topliss-reactive ketones (excluding diaryl/α,β-unsaturated/α-hetero) is 1. The first-order valence-corrected chi connectivity index (χ1v) is 6.79. The van der Waals surface area contributed by atoms with Gasteiger partial charge in [0, 0.05) is 5.56 Å². The molecule has 1 aromatic rings. The number of hydrogen-bond acceptors (Lipinski definition) is 3. The second kappa shape index (κ2) is 7.34. The molecule has 16 heavy (non-hydrogen) atoms. The van der Waals surface area contributed by atoms with Crippen molar-refractivity contribution in [1.29, 1.82) is 0 Å². The zero-order chi connectivity index (χ0) is 11.8. The highest BCUT2D eigenvalue weighted by atomic mass is 32.2. The number of hydrogen-bond donors (Lipinski definition) is 1. The summed E-state index contributed by atoms with van der Waals surface area (Å²) in [5.41, 5.74) is 0.681. The molecule has 0 amide bonds. The van der Waals surface area contributed by atoms with Crippen LogP contribution in [0.2, 0.25) is 0 Å². The maximum atomic E-state index is 11.7. The van der Waals surface area contributed by atoms with Crippen LogP contribution >= 0.6 is 11.8 Å². The molecule has 0 fully saturated rings. The van der Waals surface area contributed by atoms with E-state index in [0.717, 1.165) is 5.75 Å². The number of rotatable bonds is 7. The molecule has 0 aliphatic carbocycles. The molecule has 2 nitrogen and oxygen atoms in total. The predicted octanol–water partition coefficient (Wildman–Crippen LogP) is 3.50. The van der Waals surface area contributed by atoms with Crippen LogP contribution in [0.15, 0.2) is 24.3 Å². The molecular weight excluding hydrogens is 220 g/mol. The van der Waals surface area contributed by atoms with Crippen LogP contribution in [0.25, 0.3) is 0 Å². The first kappa shape index (κ1) is 13.1. The summed E-state index contributed by atoms with van der Waals surface area (Å²) in [7, 11) is 0. The topological polar surface area (TPSA) is 37.3 Å². The number of ketones is 1. The van der Waals surface area contributed by atoms with Crippen molar-refractivity contribution >= 4 is 17.5 Å². The van der Waals surface area contributed by atoms with Crippen molar-refractivity contribution in [2.75, 3.05) is 11.5 Å². The van der Waals surface area contributed by atoms with Gasteiger partial charge in [-0.1, -0.05) is 19.8 Å². The van der Waals surface area contributed by atoms with Crippen molar-refractivity contribution in [2.45, 2.75) is 26.2 Å². The number of unbranched alkanes of at least 4 members (excludes halogenated alkanes) is 2. The molecule has 1 N–H and O–H groups in total. The molecule has 0 heterocycles. The molecule has 0 saturated carbocycles. The highest BCUT2D eigenvalue weighted by Gasteiger charge is 2.05. The predicted molar refractivity (Wildman–Crippen MR) is 69.3 cm³/mol. The van der Waals surface area contributed by atoms with E-state index in [1.165, 1.54) is 19.3 Å². The number of benzene rings is 1. The minimum atomic E-state index is 0.140. The van der Waals surface area contributed by atoms with Crippen LogP contribution < -0.4 is 0 Å². The summed E-state index contributed by atoms with van der Waals surface area (Å²) in [4.78, 5) is 11.7. The number of carbonyl (C=O) groups is 1. The van der Waals surface area contributed by atoms with E-state index in [0.29, 0.717) is 11.3 Å². The van der Waals surface area contributed by atoms with Gasteiger partial charge in [0.25, 0.3) is 0 Å². The third kappa shape index (κ3) is 4.71. The Bertz CT molecular complexity index is 319. The largest absolute Gasteiger partial charge is 0.508 e. The Morgan fingerprint density at radius 1 is 1.25 bits per heavy atom. The molecule has 0 bridgehead atoms. The molecule has 0 unspecified atom stereocenters. The summed E-state index contributed by atoms with van der Waals surface area (Å²) >= 11 is 1.69. The van der Waals surface area contributed by atoms with Crippen LogP contribution in [0.4, 0.5) is 0 Å². The van der Waals surface area contributed by atoms with Gasteiger partial charge in [0.2, 0.25) is 0 Å². The van der Waals surface area contributed by atoms with E-state index in [4.69, 9.17) is 5.11 Å². The maximum Gasteiger partial charge on any atom is 0.172 e. The number of aromatic hydroxyl groups is 1. The quantitative estimate of drug-likeness (QED) is 0.583. The van der Waals surface area contributed by atoms with Crippen molar-refractivity contribution in [3.05, 3.63) is 29.8 Å². The summed E-state index contributed by atoms with van der Waals surface area (Å²) in [5, 5.41) is 9.10. The molecule has 0 aromatic heterocycles. The lowest BCUT2D eigenvalue weighted by atomic mass is 10.1. The summed E-state index contributed by atoms with van der Waals surface area (Å²) in [6.45, 7) is 2.17. The van der Waals surface area contributed by atoms with Crippen molar-refractivity contribution < 1.29 is 9.90 Å². The van der Waals surface area contributed by atoms with Gasteiger partial charge in [0.1, 0.15) is 5.75 Å². The number of phenols is 1. The molecule has 0 aliphatic rings. The van der Waals surface area contributed by atoms with E-state index in [2.05, 4.69) is 6.92 Å². The molecule has 0 radical (unpaired) electrons. The highest BCUT2D eigenvalue weighted by Crippen LogP contribution is 2.13. The fourth-order valence-electron chi connectivity index (χ4n) is 1.35. The summed E-state index contributed by atoms with van der Waals surface area (Å²) in [5.74, 6) is 1.93. The molecule has 1 aromatic carbocycles. The first-order chi connectivity index (χ1) is 7.74. The molecule has 1 rings (SSSR count). The van der Waals surface area contributed by atoms with Crippen molar-refractivity contribution in [2.24, 2.45) is 0 Å². The monoisotopic (exact) mass is 238 g/mol. The van der Waals surface area contributed by atoms with Crippen LogP contribution in [-0.4, -0.2) is 22.4 Å². The van der Waals surface area contributed by atoms with Crippen molar-refractivity contribution in [1.82, 2.24) is 0 Å². The van der Waals surface area contributed by atoms with Gasteiger partial charge in [0.15, 0.2) is 5.78 Å². The van der Waals surface area contributed by atoms with Crippen molar-refractivity contribution in [3.63, 3.8) is 0 Å². The Hall–Kier alpha value is -0.960. The third-order valence-electron chi connectivity index (χ3n) is 2.31. The van der Waals surface area contributed by atoms with Gasteiger partial charge in [-0.2, -0.15) is 11.8 Å². The van der Waals surface area contributed by atoms with Crippen molar-refractivity contribution in [3.8, 4) is 5.75 Å². The Morgan fingerprint density at radius 3 is 2.56 bits per heavy atom. The normalized spacial score (nSPS) is 10.3. The van der Waals surface area contributed by atoms with E-state index < -0.39 is 0 Å². The zero-order valence-corrected chi connectivity index (χ0v) is 10.4. The van der Waals surface area contributed by atoms with Gasteiger partial charge in [-0.25, -0.2) is 0 Å². The maximum absolute atomic E-state index is 11.7. The molecule has 3 heteroatoms. The zero-order valence-electron chi connectivity index (χ0n) is 9.61. The SMILES string of the molecule is CCCCCSCC(=O)c1ccc(O)cc1. The molecule has 88 valence electrons. The van der Waals surface area contributed by atoms with E-state index in [-0.39, 0.29) is 11.5 Å².